The molecule has 0 bridgehead atoms. The van der Waals surface area contributed by atoms with E-state index in [9.17, 15) is 4.79 Å². The van der Waals surface area contributed by atoms with Gasteiger partial charge in [-0.05, 0) is 12.3 Å². The highest BCUT2D eigenvalue weighted by Gasteiger charge is 2.15. The molecule has 0 aliphatic heterocycles. The molecule has 2 nitrogen and oxygen atoms in total. The Bertz CT molecular complexity index is 190. The van der Waals surface area contributed by atoms with E-state index in [0.29, 0.717) is 12.3 Å². The normalized spacial score (nSPS) is 17.7. The van der Waals surface area contributed by atoms with Gasteiger partial charge in [-0.25, -0.2) is 0 Å². The Morgan fingerprint density at radius 2 is 2.00 bits per heavy atom. The highest BCUT2D eigenvalue weighted by molar-refractivity contribution is 6.18. The quantitative estimate of drug-likeness (QED) is 0.666. The maximum Gasteiger partial charge on any atom is 0.223 e. The number of hydrogen-bond donors (Lipinski definition) is 0. The van der Waals surface area contributed by atoms with Gasteiger partial charge in [0.15, 0.2) is 0 Å². The van der Waals surface area contributed by atoms with Gasteiger partial charge in [0.25, 0.3) is 0 Å². The van der Waals surface area contributed by atoms with Gasteiger partial charge in [0.2, 0.25) is 5.91 Å². The molecule has 0 aromatic heterocycles. The third kappa shape index (κ3) is 4.87. The predicted octanol–water partition coefficient (Wildman–Crippen LogP) is 3.04. The molecule has 0 radical (unpaired) electrons. The van der Waals surface area contributed by atoms with E-state index in [-0.39, 0.29) is 5.91 Å². The average Bonchev–Trinajstić information content (AvgIpc) is 2.27. The van der Waals surface area contributed by atoms with Crippen molar-refractivity contribution in [2.75, 3.05) is 19.5 Å². The third-order valence-corrected chi connectivity index (χ3v) is 3.52. The van der Waals surface area contributed by atoms with Crippen LogP contribution in [0.1, 0.15) is 44.9 Å². The number of carbonyl (C=O) groups excluding carboxylic acids is 1. The van der Waals surface area contributed by atoms with Gasteiger partial charge in [-0.3, -0.25) is 4.79 Å². The van der Waals surface area contributed by atoms with Crippen LogP contribution in [0.5, 0.6) is 0 Å². The van der Waals surface area contributed by atoms with E-state index < -0.39 is 0 Å². The summed E-state index contributed by atoms with van der Waals surface area (Å²) in [6, 6.07) is 0. The van der Waals surface area contributed by atoms with Crippen molar-refractivity contribution in [3.63, 3.8) is 0 Å². The third-order valence-electron chi connectivity index (χ3n) is 3.33. The van der Waals surface area contributed by atoms with Crippen LogP contribution in [0.4, 0.5) is 0 Å². The van der Waals surface area contributed by atoms with E-state index in [0.717, 1.165) is 12.5 Å². The smallest absolute Gasteiger partial charge is 0.223 e. The van der Waals surface area contributed by atoms with Crippen LogP contribution in [-0.2, 0) is 4.79 Å². The van der Waals surface area contributed by atoms with Gasteiger partial charge >= 0.3 is 0 Å². The fraction of sp³-hybridized carbons (Fsp3) is 0.917. The number of amides is 1. The van der Waals surface area contributed by atoms with Gasteiger partial charge in [-0.1, -0.05) is 32.1 Å². The number of halogens is 1. The first kappa shape index (κ1) is 12.8. The fourth-order valence-electron chi connectivity index (χ4n) is 2.25. The minimum atomic E-state index is 0.181. The zero-order valence-corrected chi connectivity index (χ0v) is 10.4. The van der Waals surface area contributed by atoms with E-state index in [1.165, 1.54) is 38.5 Å². The number of hydrogen-bond acceptors (Lipinski definition) is 1. The topological polar surface area (TPSA) is 20.3 Å². The molecule has 0 aromatic rings. The molecule has 0 aromatic carbocycles. The Labute approximate surface area is 98.0 Å². The largest absolute Gasteiger partial charge is 0.346 e. The van der Waals surface area contributed by atoms with Gasteiger partial charge in [-0.2, -0.15) is 0 Å². The number of alkyl halides is 1. The van der Waals surface area contributed by atoms with Gasteiger partial charge < -0.3 is 4.90 Å². The van der Waals surface area contributed by atoms with Crippen LogP contribution in [0.15, 0.2) is 0 Å². The monoisotopic (exact) mass is 231 g/mol. The van der Waals surface area contributed by atoms with E-state index in [1.807, 2.05) is 11.9 Å². The van der Waals surface area contributed by atoms with E-state index >= 15 is 0 Å². The van der Waals surface area contributed by atoms with E-state index in [1.54, 1.807) is 0 Å². The first-order chi connectivity index (χ1) is 7.24. The van der Waals surface area contributed by atoms with Crippen molar-refractivity contribution in [1.82, 2.24) is 4.90 Å². The summed E-state index contributed by atoms with van der Waals surface area (Å²) in [5, 5.41) is 0. The summed E-state index contributed by atoms with van der Waals surface area (Å²) in [6.07, 6.45) is 8.52. The van der Waals surface area contributed by atoms with Crippen molar-refractivity contribution in [2.45, 2.75) is 44.9 Å². The molecule has 1 aliphatic carbocycles. The highest BCUT2D eigenvalue weighted by Crippen LogP contribution is 2.26. The Kier molecular flexibility index (Phi) is 6.07. The van der Waals surface area contributed by atoms with Gasteiger partial charge in [0.05, 0.1) is 0 Å². The van der Waals surface area contributed by atoms with Gasteiger partial charge in [0.1, 0.15) is 0 Å². The molecule has 3 heteroatoms. The average molecular weight is 232 g/mol. The van der Waals surface area contributed by atoms with Crippen LogP contribution < -0.4 is 0 Å². The van der Waals surface area contributed by atoms with Crippen molar-refractivity contribution in [1.29, 1.82) is 0 Å². The second-order valence-corrected chi connectivity index (χ2v) is 4.92. The lowest BCUT2D eigenvalue weighted by atomic mass is 9.87. The van der Waals surface area contributed by atoms with Crippen molar-refractivity contribution in [3.8, 4) is 0 Å². The summed E-state index contributed by atoms with van der Waals surface area (Å²) in [7, 11) is 1.89. The SMILES string of the molecule is CN(CCC1CCCCC1)C(=O)CCCl. The Morgan fingerprint density at radius 3 is 2.60 bits per heavy atom. The minimum absolute atomic E-state index is 0.181. The zero-order chi connectivity index (χ0) is 11.1. The van der Waals surface area contributed by atoms with Crippen LogP contribution in [0, 0.1) is 5.92 Å². The summed E-state index contributed by atoms with van der Waals surface area (Å²) in [6.45, 7) is 0.903. The molecule has 0 spiro atoms. The summed E-state index contributed by atoms with van der Waals surface area (Å²) >= 11 is 5.54. The molecule has 15 heavy (non-hydrogen) atoms. The molecule has 1 fully saturated rings. The van der Waals surface area contributed by atoms with Crippen LogP contribution in [0.25, 0.3) is 0 Å². The van der Waals surface area contributed by atoms with Gasteiger partial charge in [-0.15, -0.1) is 11.6 Å². The van der Waals surface area contributed by atoms with Crippen molar-refractivity contribution in [3.05, 3.63) is 0 Å². The van der Waals surface area contributed by atoms with E-state index in [2.05, 4.69) is 0 Å². The van der Waals surface area contributed by atoms with Gasteiger partial charge in [0, 0.05) is 25.9 Å². The molecule has 1 saturated carbocycles. The van der Waals surface area contributed by atoms with Crippen LogP contribution in [-0.4, -0.2) is 30.3 Å². The zero-order valence-electron chi connectivity index (χ0n) is 9.67. The van der Waals surface area contributed by atoms with Crippen molar-refractivity contribution < 1.29 is 4.79 Å². The molecule has 0 atom stereocenters. The maximum absolute atomic E-state index is 11.5. The Morgan fingerprint density at radius 1 is 1.33 bits per heavy atom. The van der Waals surface area contributed by atoms with E-state index in [4.69, 9.17) is 11.6 Å². The molecule has 0 unspecified atom stereocenters. The maximum atomic E-state index is 11.5. The minimum Gasteiger partial charge on any atom is -0.346 e. The molecule has 1 aliphatic rings. The van der Waals surface area contributed by atoms with Crippen molar-refractivity contribution >= 4 is 17.5 Å². The lowest BCUT2D eigenvalue weighted by molar-refractivity contribution is -0.129. The summed E-state index contributed by atoms with van der Waals surface area (Å²) in [5.41, 5.74) is 0. The predicted molar refractivity (Wildman–Crippen MR) is 64.2 cm³/mol. The lowest BCUT2D eigenvalue weighted by Crippen LogP contribution is -2.29. The summed E-state index contributed by atoms with van der Waals surface area (Å²) in [5.74, 6) is 1.47. The molecule has 1 amide bonds. The highest BCUT2D eigenvalue weighted by atomic mass is 35.5. The number of rotatable bonds is 5. The second-order valence-electron chi connectivity index (χ2n) is 4.55. The lowest BCUT2D eigenvalue weighted by Gasteiger charge is -2.24. The Balaban J connectivity index is 2.14. The van der Waals surface area contributed by atoms with Crippen molar-refractivity contribution in [2.24, 2.45) is 5.92 Å². The number of nitrogens with zero attached hydrogens (tertiary/aromatic N) is 1. The molecule has 0 heterocycles. The molecular weight excluding hydrogens is 210 g/mol. The summed E-state index contributed by atoms with van der Waals surface area (Å²) in [4.78, 5) is 13.3. The molecule has 1 rings (SSSR count). The van der Waals surface area contributed by atoms with Crippen LogP contribution in [0.3, 0.4) is 0 Å². The van der Waals surface area contributed by atoms with Crippen LogP contribution >= 0.6 is 11.6 Å². The standard InChI is InChI=1S/C12H22ClNO/c1-14(12(15)7-9-13)10-8-11-5-3-2-4-6-11/h11H,2-10H2,1H3. The molecule has 88 valence electrons. The van der Waals surface area contributed by atoms with Crippen LogP contribution in [0.2, 0.25) is 0 Å². The number of carbonyl (C=O) groups is 1. The summed E-state index contributed by atoms with van der Waals surface area (Å²) < 4.78 is 0. The first-order valence-corrected chi connectivity index (χ1v) is 6.57. The second kappa shape index (κ2) is 7.10. The Hall–Kier alpha value is -0.240. The fourth-order valence-corrected chi connectivity index (χ4v) is 2.41. The first-order valence-electron chi connectivity index (χ1n) is 6.04. The molecule has 0 saturated heterocycles. The molecular formula is C12H22ClNO. The molecule has 0 N–H and O–H groups in total.